The molecule has 0 fully saturated rings. The Hall–Kier alpha value is -1.95. The third-order valence-electron chi connectivity index (χ3n) is 4.06. The van der Waals surface area contributed by atoms with Crippen LogP contribution in [0.2, 0.25) is 0 Å². The summed E-state index contributed by atoms with van der Waals surface area (Å²) in [5, 5.41) is 14.9. The number of nitrogens with one attached hydrogen (secondary N) is 2. The molecule has 2 heterocycles. The van der Waals surface area contributed by atoms with E-state index in [9.17, 15) is 0 Å². The van der Waals surface area contributed by atoms with Crippen molar-refractivity contribution in [3.63, 3.8) is 0 Å². The molecular weight excluding hydrogens is 471 g/mol. The van der Waals surface area contributed by atoms with E-state index in [1.165, 1.54) is 0 Å². The summed E-state index contributed by atoms with van der Waals surface area (Å²) in [5.74, 6) is 3.36. The van der Waals surface area contributed by atoms with Gasteiger partial charge >= 0.3 is 0 Å². The fraction of sp³-hybridized carbons (Fsp3) is 0.556. The third kappa shape index (κ3) is 7.58. The lowest BCUT2D eigenvalue weighted by Crippen LogP contribution is -2.38. The van der Waals surface area contributed by atoms with E-state index in [1.807, 2.05) is 55.7 Å². The normalized spacial score (nSPS) is 11.1. The van der Waals surface area contributed by atoms with Gasteiger partial charge in [-0.1, -0.05) is 6.07 Å². The van der Waals surface area contributed by atoms with E-state index >= 15 is 0 Å². The van der Waals surface area contributed by atoms with Crippen LogP contribution in [0.5, 0.6) is 0 Å². The van der Waals surface area contributed by atoms with E-state index in [0.29, 0.717) is 25.7 Å². The second-order valence-electron chi connectivity index (χ2n) is 6.40. The molecule has 2 aromatic rings. The van der Waals surface area contributed by atoms with Gasteiger partial charge in [-0.25, -0.2) is 9.98 Å². The first kappa shape index (κ1) is 24.1. The van der Waals surface area contributed by atoms with Crippen LogP contribution < -0.4 is 15.5 Å². The van der Waals surface area contributed by atoms with Crippen molar-refractivity contribution >= 4 is 35.8 Å². The van der Waals surface area contributed by atoms with Crippen molar-refractivity contribution in [3.8, 4) is 0 Å². The first-order chi connectivity index (χ1) is 13.0. The number of anilines is 1. The highest BCUT2D eigenvalue weighted by atomic mass is 127. The Bertz CT molecular complexity index is 747. The van der Waals surface area contributed by atoms with Crippen molar-refractivity contribution in [2.45, 2.75) is 26.4 Å². The number of hydrogen-bond acceptors (Lipinski definition) is 6. The fourth-order valence-corrected chi connectivity index (χ4v) is 2.33. The zero-order valence-corrected chi connectivity index (χ0v) is 19.6. The minimum absolute atomic E-state index is 0. The number of aryl methyl sites for hydroxylation is 1. The van der Waals surface area contributed by atoms with Gasteiger partial charge in [0.2, 0.25) is 0 Å². The van der Waals surface area contributed by atoms with Crippen molar-refractivity contribution in [2.75, 3.05) is 39.3 Å². The van der Waals surface area contributed by atoms with Crippen LogP contribution in [0.4, 0.5) is 5.82 Å². The number of halogens is 1. The summed E-state index contributed by atoms with van der Waals surface area (Å²) in [5.41, 5.74) is 0.911. The van der Waals surface area contributed by atoms with Gasteiger partial charge in [0, 0.05) is 41.4 Å². The molecule has 2 rings (SSSR count). The molecule has 0 aliphatic carbocycles. The van der Waals surface area contributed by atoms with Gasteiger partial charge in [0.25, 0.3) is 0 Å². The molecule has 0 aliphatic rings. The molecule has 0 radical (unpaired) electrons. The number of hydrogen-bond donors (Lipinski definition) is 2. The molecule has 0 saturated carbocycles. The maximum Gasteiger partial charge on any atom is 0.192 e. The largest absolute Gasteiger partial charge is 0.385 e. The third-order valence-corrected chi connectivity index (χ3v) is 4.06. The molecule has 10 heteroatoms. The van der Waals surface area contributed by atoms with Crippen LogP contribution in [0.1, 0.15) is 23.8 Å². The first-order valence-corrected chi connectivity index (χ1v) is 9.00. The predicted octanol–water partition coefficient (Wildman–Crippen LogP) is 1.47. The smallest absolute Gasteiger partial charge is 0.192 e. The van der Waals surface area contributed by atoms with Gasteiger partial charge in [0.05, 0.1) is 18.8 Å². The van der Waals surface area contributed by atoms with Crippen molar-refractivity contribution in [3.05, 3.63) is 35.5 Å². The van der Waals surface area contributed by atoms with Gasteiger partial charge in [0.1, 0.15) is 11.6 Å². The lowest BCUT2D eigenvalue weighted by Gasteiger charge is -2.13. The fourth-order valence-electron chi connectivity index (χ4n) is 2.33. The standard InChI is InChI=1S/C18H30N8O.HI/c1-14-23-24-17(26(14)4)13-21-18(19-10-7-11-27-5)20-12-15-8-6-9-16(22-15)25(2)3;/h6,8-9H,7,10-13H2,1-5H3,(H2,19,20,21);1H. The summed E-state index contributed by atoms with van der Waals surface area (Å²) in [6.07, 6.45) is 0.897. The summed E-state index contributed by atoms with van der Waals surface area (Å²) in [6.45, 7) is 4.42. The first-order valence-electron chi connectivity index (χ1n) is 9.00. The van der Waals surface area contributed by atoms with E-state index in [4.69, 9.17) is 4.74 Å². The van der Waals surface area contributed by atoms with Gasteiger partial charge in [-0.15, -0.1) is 34.2 Å². The minimum Gasteiger partial charge on any atom is -0.385 e. The Labute approximate surface area is 184 Å². The molecule has 2 aromatic heterocycles. The predicted molar refractivity (Wildman–Crippen MR) is 122 cm³/mol. The van der Waals surface area contributed by atoms with Gasteiger partial charge in [-0.05, 0) is 25.5 Å². The second-order valence-corrected chi connectivity index (χ2v) is 6.40. The number of aliphatic imine (C=N–C) groups is 1. The van der Waals surface area contributed by atoms with Crippen LogP contribution in [-0.4, -0.2) is 60.1 Å². The molecule has 0 saturated heterocycles. The molecule has 156 valence electrons. The molecule has 0 bridgehead atoms. The summed E-state index contributed by atoms with van der Waals surface area (Å²) in [7, 11) is 7.60. The van der Waals surface area contributed by atoms with Crippen LogP contribution in [0.25, 0.3) is 0 Å². The average Bonchev–Trinajstić information content (AvgIpc) is 2.99. The summed E-state index contributed by atoms with van der Waals surface area (Å²) in [6, 6.07) is 5.95. The highest BCUT2D eigenvalue weighted by Gasteiger charge is 2.07. The van der Waals surface area contributed by atoms with Gasteiger partial charge in [-0.3, -0.25) is 0 Å². The molecule has 0 spiro atoms. The highest BCUT2D eigenvalue weighted by Crippen LogP contribution is 2.08. The van der Waals surface area contributed by atoms with Crippen molar-refractivity contribution in [1.82, 2.24) is 30.4 Å². The number of methoxy groups -OCH3 is 1. The number of pyridine rings is 1. The minimum atomic E-state index is 0. The molecule has 2 N–H and O–H groups in total. The number of aromatic nitrogens is 4. The van der Waals surface area contributed by atoms with Gasteiger partial charge in [-0.2, -0.15) is 0 Å². The van der Waals surface area contributed by atoms with E-state index in [2.05, 4.69) is 30.8 Å². The number of ether oxygens (including phenoxy) is 1. The van der Waals surface area contributed by atoms with E-state index < -0.39 is 0 Å². The van der Waals surface area contributed by atoms with Crippen LogP contribution in [0, 0.1) is 6.92 Å². The zero-order chi connectivity index (χ0) is 19.6. The lowest BCUT2D eigenvalue weighted by atomic mass is 10.3. The Morgan fingerprint density at radius 3 is 2.68 bits per heavy atom. The van der Waals surface area contributed by atoms with E-state index in [1.54, 1.807) is 7.11 Å². The molecule has 28 heavy (non-hydrogen) atoms. The molecule has 0 aliphatic heterocycles. The number of nitrogens with zero attached hydrogens (tertiary/aromatic N) is 6. The van der Waals surface area contributed by atoms with Crippen molar-refractivity contribution in [2.24, 2.45) is 12.0 Å². The summed E-state index contributed by atoms with van der Waals surface area (Å²) in [4.78, 5) is 11.2. The summed E-state index contributed by atoms with van der Waals surface area (Å²) < 4.78 is 7.06. The maximum atomic E-state index is 5.10. The Morgan fingerprint density at radius 2 is 2.04 bits per heavy atom. The Balaban J connectivity index is 0.00000392. The SMILES string of the molecule is COCCCNC(=NCc1cccc(N(C)C)n1)NCc1nnc(C)n1C.I. The second kappa shape index (κ2) is 12.5. The monoisotopic (exact) mass is 502 g/mol. The Kier molecular flexibility index (Phi) is 10.8. The quantitative estimate of drug-likeness (QED) is 0.232. The lowest BCUT2D eigenvalue weighted by molar-refractivity contribution is 0.195. The van der Waals surface area contributed by atoms with Crippen LogP contribution in [0.3, 0.4) is 0 Å². The van der Waals surface area contributed by atoms with Crippen LogP contribution in [-0.2, 0) is 24.9 Å². The van der Waals surface area contributed by atoms with Gasteiger partial charge < -0.3 is 24.8 Å². The van der Waals surface area contributed by atoms with Crippen molar-refractivity contribution < 1.29 is 4.74 Å². The Morgan fingerprint density at radius 1 is 1.25 bits per heavy atom. The van der Waals surface area contributed by atoms with Crippen LogP contribution >= 0.6 is 24.0 Å². The molecule has 0 atom stereocenters. The molecule has 0 aromatic carbocycles. The van der Waals surface area contributed by atoms with E-state index in [0.717, 1.165) is 36.1 Å². The van der Waals surface area contributed by atoms with Gasteiger partial charge in [0.15, 0.2) is 11.8 Å². The van der Waals surface area contributed by atoms with E-state index in [-0.39, 0.29) is 24.0 Å². The number of guanidine groups is 1. The number of rotatable bonds is 9. The molecule has 9 nitrogen and oxygen atoms in total. The zero-order valence-electron chi connectivity index (χ0n) is 17.3. The maximum absolute atomic E-state index is 5.10. The molecule has 0 unspecified atom stereocenters. The van der Waals surface area contributed by atoms with Crippen molar-refractivity contribution in [1.29, 1.82) is 0 Å². The highest BCUT2D eigenvalue weighted by molar-refractivity contribution is 14.0. The summed E-state index contributed by atoms with van der Waals surface area (Å²) >= 11 is 0. The molecular formula is C18H31IN8O. The topological polar surface area (TPSA) is 92.5 Å². The molecule has 0 amide bonds. The average molecular weight is 502 g/mol. The van der Waals surface area contributed by atoms with Crippen LogP contribution in [0.15, 0.2) is 23.2 Å².